The number of nitrogens with zero attached hydrogens (tertiary/aromatic N) is 1. The zero-order chi connectivity index (χ0) is 9.97. The third-order valence-corrected chi connectivity index (χ3v) is 1.98. The van der Waals surface area contributed by atoms with Gasteiger partial charge in [0.15, 0.2) is 0 Å². The third kappa shape index (κ3) is 1.60. The van der Waals surface area contributed by atoms with Gasteiger partial charge in [0.2, 0.25) is 0 Å². The fraction of sp³-hybridized carbons (Fsp3) is 0.100. The Morgan fingerprint density at radius 3 is 2.86 bits per heavy atom. The lowest BCUT2D eigenvalue weighted by atomic mass is 10.1. The largest absolute Gasteiger partial charge is 0.432 e. The summed E-state index contributed by atoms with van der Waals surface area (Å²) in [6.07, 6.45) is 1.53. The van der Waals surface area contributed by atoms with Gasteiger partial charge in [0, 0.05) is 12.1 Å². The maximum Gasteiger partial charge on any atom is 0.292 e. The SMILES string of the molecule is NCc1cccc(-c2coc(N)n2)c1. The predicted octanol–water partition coefficient (Wildman–Crippen LogP) is 1.38. The van der Waals surface area contributed by atoms with Crippen molar-refractivity contribution in [2.24, 2.45) is 5.73 Å². The average molecular weight is 189 g/mol. The molecule has 4 heteroatoms. The van der Waals surface area contributed by atoms with Crippen molar-refractivity contribution in [3.63, 3.8) is 0 Å². The minimum atomic E-state index is 0.179. The van der Waals surface area contributed by atoms with E-state index in [9.17, 15) is 0 Å². The first-order valence-electron chi connectivity index (χ1n) is 4.30. The molecule has 2 rings (SSSR count). The highest BCUT2D eigenvalue weighted by Crippen LogP contribution is 2.20. The van der Waals surface area contributed by atoms with E-state index in [4.69, 9.17) is 15.9 Å². The Hall–Kier alpha value is -1.81. The summed E-state index contributed by atoms with van der Waals surface area (Å²) in [5.41, 5.74) is 13.7. The van der Waals surface area contributed by atoms with Crippen LogP contribution in [0.1, 0.15) is 5.56 Å². The van der Waals surface area contributed by atoms with Crippen molar-refractivity contribution in [3.05, 3.63) is 36.1 Å². The van der Waals surface area contributed by atoms with E-state index in [2.05, 4.69) is 4.98 Å². The molecule has 0 aliphatic carbocycles. The first kappa shape index (κ1) is 8.77. The van der Waals surface area contributed by atoms with Crippen LogP contribution in [0.15, 0.2) is 34.9 Å². The van der Waals surface area contributed by atoms with Crippen LogP contribution in [0.25, 0.3) is 11.3 Å². The van der Waals surface area contributed by atoms with Crippen molar-refractivity contribution in [2.75, 3.05) is 5.73 Å². The number of nitrogens with two attached hydrogens (primary N) is 2. The Labute approximate surface area is 81.5 Å². The molecule has 0 amide bonds. The van der Waals surface area contributed by atoms with Crippen molar-refractivity contribution in [1.82, 2.24) is 4.98 Å². The number of oxazole rings is 1. The van der Waals surface area contributed by atoms with Gasteiger partial charge in [-0.05, 0) is 11.6 Å². The minimum Gasteiger partial charge on any atom is -0.432 e. The van der Waals surface area contributed by atoms with Crippen LogP contribution in [0, 0.1) is 0 Å². The summed E-state index contributed by atoms with van der Waals surface area (Å²) in [6, 6.07) is 7.99. The number of rotatable bonds is 2. The van der Waals surface area contributed by atoms with Crippen LogP contribution in [0.5, 0.6) is 0 Å². The van der Waals surface area contributed by atoms with Crippen LogP contribution in [-0.2, 0) is 6.54 Å². The molecule has 0 aliphatic heterocycles. The number of hydrogen-bond donors (Lipinski definition) is 2. The van der Waals surface area contributed by atoms with E-state index >= 15 is 0 Å². The molecular weight excluding hydrogens is 178 g/mol. The van der Waals surface area contributed by atoms with Crippen molar-refractivity contribution in [1.29, 1.82) is 0 Å². The summed E-state index contributed by atoms with van der Waals surface area (Å²) >= 11 is 0. The van der Waals surface area contributed by atoms with Gasteiger partial charge in [0.05, 0.1) is 0 Å². The normalized spacial score (nSPS) is 10.4. The quantitative estimate of drug-likeness (QED) is 0.748. The van der Waals surface area contributed by atoms with Gasteiger partial charge in [0.25, 0.3) is 6.01 Å². The highest BCUT2D eigenvalue weighted by molar-refractivity contribution is 5.59. The predicted molar refractivity (Wildman–Crippen MR) is 54.2 cm³/mol. The Bertz CT molecular complexity index is 436. The summed E-state index contributed by atoms with van der Waals surface area (Å²) in [4.78, 5) is 4.03. The second-order valence-corrected chi connectivity index (χ2v) is 2.98. The molecule has 4 N–H and O–H groups in total. The first-order valence-corrected chi connectivity index (χ1v) is 4.30. The van der Waals surface area contributed by atoms with Gasteiger partial charge in [-0.2, -0.15) is 4.98 Å². The smallest absolute Gasteiger partial charge is 0.292 e. The topological polar surface area (TPSA) is 78.1 Å². The molecule has 4 nitrogen and oxygen atoms in total. The lowest BCUT2D eigenvalue weighted by molar-refractivity contribution is 0.581. The molecule has 0 saturated carbocycles. The van der Waals surface area contributed by atoms with E-state index in [1.54, 1.807) is 0 Å². The molecule has 0 aliphatic rings. The zero-order valence-corrected chi connectivity index (χ0v) is 7.60. The molecule has 2 aromatic rings. The molecule has 14 heavy (non-hydrogen) atoms. The van der Waals surface area contributed by atoms with Crippen molar-refractivity contribution >= 4 is 6.01 Å². The lowest BCUT2D eigenvalue weighted by Gasteiger charge is -1.98. The van der Waals surface area contributed by atoms with Crippen molar-refractivity contribution in [3.8, 4) is 11.3 Å². The minimum absolute atomic E-state index is 0.179. The van der Waals surface area contributed by atoms with Crippen molar-refractivity contribution in [2.45, 2.75) is 6.54 Å². The van der Waals surface area contributed by atoms with Crippen LogP contribution in [0.3, 0.4) is 0 Å². The number of aromatic nitrogens is 1. The van der Waals surface area contributed by atoms with Gasteiger partial charge in [-0.1, -0.05) is 18.2 Å². The van der Waals surface area contributed by atoms with Crippen LogP contribution < -0.4 is 11.5 Å². The second kappa shape index (κ2) is 3.51. The Balaban J connectivity index is 2.41. The summed E-state index contributed by atoms with van der Waals surface area (Å²) in [7, 11) is 0. The molecule has 0 atom stereocenters. The fourth-order valence-electron chi connectivity index (χ4n) is 1.28. The Kier molecular flexibility index (Phi) is 2.20. The van der Waals surface area contributed by atoms with Gasteiger partial charge >= 0.3 is 0 Å². The van der Waals surface area contributed by atoms with E-state index in [1.807, 2.05) is 24.3 Å². The zero-order valence-electron chi connectivity index (χ0n) is 7.60. The molecule has 0 radical (unpaired) electrons. The van der Waals surface area contributed by atoms with Gasteiger partial charge in [-0.3, -0.25) is 0 Å². The first-order chi connectivity index (χ1) is 6.79. The summed E-state index contributed by atoms with van der Waals surface area (Å²) in [5, 5.41) is 0. The third-order valence-electron chi connectivity index (χ3n) is 1.98. The number of hydrogen-bond acceptors (Lipinski definition) is 4. The number of nitrogen functional groups attached to an aromatic ring is 1. The summed E-state index contributed by atoms with van der Waals surface area (Å²) in [5.74, 6) is 0. The number of anilines is 1. The summed E-state index contributed by atoms with van der Waals surface area (Å²) < 4.78 is 4.93. The van der Waals surface area contributed by atoms with E-state index in [-0.39, 0.29) is 6.01 Å². The molecule has 72 valence electrons. The molecule has 1 heterocycles. The molecular formula is C10H11N3O. The molecule has 0 bridgehead atoms. The van der Waals surface area contributed by atoms with Crippen LogP contribution in [0.4, 0.5) is 6.01 Å². The standard InChI is InChI=1S/C10H11N3O/c11-5-7-2-1-3-8(4-7)9-6-14-10(12)13-9/h1-4,6H,5,11H2,(H2,12,13). The Morgan fingerprint density at radius 2 is 2.21 bits per heavy atom. The van der Waals surface area contributed by atoms with E-state index in [1.165, 1.54) is 6.26 Å². The lowest BCUT2D eigenvalue weighted by Crippen LogP contribution is -1.95. The van der Waals surface area contributed by atoms with E-state index in [0.29, 0.717) is 6.54 Å². The maximum absolute atomic E-state index is 5.53. The average Bonchev–Trinajstić information content (AvgIpc) is 2.65. The molecule has 1 aromatic carbocycles. The Morgan fingerprint density at radius 1 is 1.36 bits per heavy atom. The van der Waals surface area contributed by atoms with Gasteiger partial charge in [-0.15, -0.1) is 0 Å². The van der Waals surface area contributed by atoms with Crippen LogP contribution in [0.2, 0.25) is 0 Å². The number of benzene rings is 1. The van der Waals surface area contributed by atoms with Gasteiger partial charge in [0.1, 0.15) is 12.0 Å². The molecule has 1 aromatic heterocycles. The van der Waals surface area contributed by atoms with Crippen molar-refractivity contribution < 1.29 is 4.42 Å². The monoisotopic (exact) mass is 189 g/mol. The molecule has 0 saturated heterocycles. The highest BCUT2D eigenvalue weighted by atomic mass is 16.4. The molecule has 0 unspecified atom stereocenters. The van der Waals surface area contributed by atoms with Gasteiger partial charge < -0.3 is 15.9 Å². The fourth-order valence-corrected chi connectivity index (χ4v) is 1.28. The maximum atomic E-state index is 5.53. The molecule has 0 fully saturated rings. The highest BCUT2D eigenvalue weighted by Gasteiger charge is 2.03. The molecule has 0 spiro atoms. The van der Waals surface area contributed by atoms with E-state index < -0.39 is 0 Å². The summed E-state index contributed by atoms with van der Waals surface area (Å²) in [6.45, 7) is 0.515. The van der Waals surface area contributed by atoms with E-state index in [0.717, 1.165) is 16.8 Å². The van der Waals surface area contributed by atoms with Crippen LogP contribution >= 0.6 is 0 Å². The van der Waals surface area contributed by atoms with Gasteiger partial charge in [-0.25, -0.2) is 0 Å². The van der Waals surface area contributed by atoms with Crippen LogP contribution in [-0.4, -0.2) is 4.98 Å². The second-order valence-electron chi connectivity index (χ2n) is 2.98.